The Kier molecular flexibility index (Phi) is 6.98. The molecule has 132 valence electrons. The number of hydrogen-bond acceptors (Lipinski definition) is 4. The third-order valence-electron chi connectivity index (χ3n) is 3.58. The van der Waals surface area contributed by atoms with Crippen molar-refractivity contribution in [2.75, 3.05) is 13.7 Å². The zero-order valence-corrected chi connectivity index (χ0v) is 14.9. The van der Waals surface area contributed by atoms with Gasteiger partial charge in [-0.1, -0.05) is 35.9 Å². The van der Waals surface area contributed by atoms with Crippen molar-refractivity contribution in [2.45, 2.75) is 19.6 Å². The minimum atomic E-state index is -0.543. The first-order valence-corrected chi connectivity index (χ1v) is 8.17. The molecular weight excluding hydrogens is 342 g/mol. The molecule has 6 heteroatoms. The first-order chi connectivity index (χ1) is 12.0. The van der Waals surface area contributed by atoms with Crippen LogP contribution in [0.3, 0.4) is 0 Å². The van der Waals surface area contributed by atoms with Crippen molar-refractivity contribution in [3.05, 3.63) is 70.2 Å². The summed E-state index contributed by atoms with van der Waals surface area (Å²) in [6.07, 6.45) is 0. The summed E-state index contributed by atoms with van der Waals surface area (Å²) in [4.78, 5) is 23.9. The Morgan fingerprint density at radius 2 is 1.72 bits per heavy atom. The van der Waals surface area contributed by atoms with E-state index in [1.54, 1.807) is 43.5 Å². The van der Waals surface area contributed by atoms with Gasteiger partial charge < -0.3 is 14.8 Å². The van der Waals surface area contributed by atoms with Gasteiger partial charge in [0.05, 0.1) is 18.2 Å². The molecule has 0 aromatic heterocycles. The first-order valence-electron chi connectivity index (χ1n) is 7.79. The predicted octanol–water partition coefficient (Wildman–Crippen LogP) is 3.52. The highest BCUT2D eigenvalue weighted by Gasteiger charge is 2.13. The van der Waals surface area contributed by atoms with Crippen LogP contribution >= 0.6 is 11.6 Å². The normalized spacial score (nSPS) is 11.6. The lowest BCUT2D eigenvalue weighted by Gasteiger charge is -2.14. The molecule has 0 fully saturated rings. The van der Waals surface area contributed by atoms with Crippen LogP contribution in [-0.2, 0) is 20.9 Å². The number of amides is 1. The van der Waals surface area contributed by atoms with Gasteiger partial charge in [0.2, 0.25) is 0 Å². The van der Waals surface area contributed by atoms with Crippen LogP contribution in [0.1, 0.15) is 34.5 Å². The number of ether oxygens (including phenoxy) is 2. The Labute approximate surface area is 151 Å². The molecule has 0 bridgehead atoms. The van der Waals surface area contributed by atoms with Gasteiger partial charge in [-0.15, -0.1) is 0 Å². The van der Waals surface area contributed by atoms with Gasteiger partial charge in [-0.3, -0.25) is 4.79 Å². The molecule has 0 heterocycles. The lowest BCUT2D eigenvalue weighted by atomic mass is 10.1. The van der Waals surface area contributed by atoms with E-state index in [9.17, 15) is 9.59 Å². The quantitative estimate of drug-likeness (QED) is 0.766. The molecule has 1 amide bonds. The second-order valence-corrected chi connectivity index (χ2v) is 5.98. The highest BCUT2D eigenvalue weighted by Crippen LogP contribution is 2.16. The molecular formula is C19H20ClNO4. The van der Waals surface area contributed by atoms with Gasteiger partial charge in [0.25, 0.3) is 5.91 Å². The number of carbonyl (C=O) groups excluding carboxylic acids is 2. The number of rotatable bonds is 7. The summed E-state index contributed by atoms with van der Waals surface area (Å²) >= 11 is 5.84. The molecule has 0 saturated heterocycles. The Bertz CT molecular complexity index is 713. The van der Waals surface area contributed by atoms with Crippen LogP contribution in [0.5, 0.6) is 0 Å². The summed E-state index contributed by atoms with van der Waals surface area (Å²) in [6.45, 7) is 1.98. The van der Waals surface area contributed by atoms with E-state index in [1.165, 1.54) is 0 Å². The van der Waals surface area contributed by atoms with Crippen molar-refractivity contribution >= 4 is 23.5 Å². The fourth-order valence-electron chi connectivity index (χ4n) is 2.24. The predicted molar refractivity (Wildman–Crippen MR) is 95.4 cm³/mol. The van der Waals surface area contributed by atoms with Gasteiger partial charge in [0.15, 0.2) is 6.61 Å². The summed E-state index contributed by atoms with van der Waals surface area (Å²) < 4.78 is 10.1. The number of hydrogen-bond donors (Lipinski definition) is 1. The maximum atomic E-state index is 12.0. The van der Waals surface area contributed by atoms with E-state index in [0.717, 1.165) is 11.1 Å². The molecule has 2 aromatic rings. The lowest BCUT2D eigenvalue weighted by Crippen LogP contribution is -2.31. The Morgan fingerprint density at radius 1 is 1.08 bits per heavy atom. The van der Waals surface area contributed by atoms with Crippen LogP contribution in [0.2, 0.25) is 5.02 Å². The molecule has 2 aromatic carbocycles. The summed E-state index contributed by atoms with van der Waals surface area (Å²) in [5.41, 5.74) is 2.25. The number of esters is 1. The number of halogens is 1. The molecule has 0 aliphatic heterocycles. The summed E-state index contributed by atoms with van der Waals surface area (Å²) in [5.74, 6) is -0.912. The van der Waals surface area contributed by atoms with Gasteiger partial charge in [-0.05, 0) is 42.3 Å². The van der Waals surface area contributed by atoms with E-state index >= 15 is 0 Å². The Balaban J connectivity index is 1.82. The standard InChI is InChI=1S/C19H20ClNO4/c1-13(15-7-9-17(20)10-8-15)21-18(22)12-25-19(23)16-5-3-14(4-6-16)11-24-2/h3-10,13H,11-12H2,1-2H3,(H,21,22)/t13-/m0/s1. The molecule has 0 saturated carbocycles. The fraction of sp³-hybridized carbons (Fsp3) is 0.263. The minimum Gasteiger partial charge on any atom is -0.452 e. The van der Waals surface area contributed by atoms with Crippen molar-refractivity contribution in [3.63, 3.8) is 0 Å². The number of carbonyl (C=O) groups is 2. The molecule has 0 aliphatic rings. The summed E-state index contributed by atoms with van der Waals surface area (Å²) in [6, 6.07) is 13.8. The van der Waals surface area contributed by atoms with Crippen molar-refractivity contribution in [2.24, 2.45) is 0 Å². The molecule has 2 rings (SSSR count). The number of benzene rings is 2. The zero-order valence-electron chi connectivity index (χ0n) is 14.1. The van der Waals surface area contributed by atoms with Gasteiger partial charge in [-0.2, -0.15) is 0 Å². The van der Waals surface area contributed by atoms with E-state index in [1.807, 2.05) is 19.1 Å². The SMILES string of the molecule is COCc1ccc(C(=O)OCC(=O)N[C@@H](C)c2ccc(Cl)cc2)cc1. The highest BCUT2D eigenvalue weighted by molar-refractivity contribution is 6.30. The van der Waals surface area contributed by atoms with E-state index in [2.05, 4.69) is 5.32 Å². The van der Waals surface area contributed by atoms with Gasteiger partial charge in [-0.25, -0.2) is 4.79 Å². The molecule has 1 N–H and O–H groups in total. The monoisotopic (exact) mass is 361 g/mol. The average Bonchev–Trinajstić information content (AvgIpc) is 2.61. The number of methoxy groups -OCH3 is 1. The molecule has 0 spiro atoms. The van der Waals surface area contributed by atoms with E-state index in [4.69, 9.17) is 21.1 Å². The Hall–Kier alpha value is -2.37. The molecule has 1 atom stereocenters. The van der Waals surface area contributed by atoms with Crippen molar-refractivity contribution in [1.82, 2.24) is 5.32 Å². The molecule has 0 unspecified atom stereocenters. The fourth-order valence-corrected chi connectivity index (χ4v) is 2.36. The largest absolute Gasteiger partial charge is 0.452 e. The third-order valence-corrected chi connectivity index (χ3v) is 3.83. The highest BCUT2D eigenvalue weighted by atomic mass is 35.5. The van der Waals surface area contributed by atoms with E-state index in [-0.39, 0.29) is 18.6 Å². The van der Waals surface area contributed by atoms with Gasteiger partial charge in [0, 0.05) is 12.1 Å². The smallest absolute Gasteiger partial charge is 0.338 e. The van der Waals surface area contributed by atoms with Crippen LogP contribution in [0.15, 0.2) is 48.5 Å². The summed E-state index contributed by atoms with van der Waals surface area (Å²) in [5, 5.41) is 3.40. The van der Waals surface area contributed by atoms with Crippen molar-refractivity contribution in [3.8, 4) is 0 Å². The van der Waals surface area contributed by atoms with Crippen LogP contribution in [0.4, 0.5) is 0 Å². The molecule has 5 nitrogen and oxygen atoms in total. The topological polar surface area (TPSA) is 64.6 Å². The van der Waals surface area contributed by atoms with Crippen LogP contribution in [-0.4, -0.2) is 25.6 Å². The van der Waals surface area contributed by atoms with E-state index < -0.39 is 5.97 Å². The van der Waals surface area contributed by atoms with Crippen molar-refractivity contribution in [1.29, 1.82) is 0 Å². The van der Waals surface area contributed by atoms with Crippen LogP contribution in [0, 0.1) is 0 Å². The van der Waals surface area contributed by atoms with E-state index in [0.29, 0.717) is 17.2 Å². The molecule has 0 aliphatic carbocycles. The van der Waals surface area contributed by atoms with Crippen LogP contribution < -0.4 is 5.32 Å². The molecule has 0 radical (unpaired) electrons. The Morgan fingerprint density at radius 3 is 2.32 bits per heavy atom. The lowest BCUT2D eigenvalue weighted by molar-refractivity contribution is -0.124. The van der Waals surface area contributed by atoms with Crippen molar-refractivity contribution < 1.29 is 19.1 Å². The maximum absolute atomic E-state index is 12.0. The molecule has 25 heavy (non-hydrogen) atoms. The van der Waals surface area contributed by atoms with Gasteiger partial charge in [0.1, 0.15) is 0 Å². The zero-order chi connectivity index (χ0) is 18.2. The minimum absolute atomic E-state index is 0.211. The van der Waals surface area contributed by atoms with Gasteiger partial charge >= 0.3 is 5.97 Å². The van der Waals surface area contributed by atoms with Crippen LogP contribution in [0.25, 0.3) is 0 Å². The average molecular weight is 362 g/mol. The second-order valence-electron chi connectivity index (χ2n) is 5.55. The third kappa shape index (κ3) is 5.89. The maximum Gasteiger partial charge on any atom is 0.338 e. The summed E-state index contributed by atoms with van der Waals surface area (Å²) in [7, 11) is 1.60. The first kappa shape index (κ1) is 19.0. The second kappa shape index (κ2) is 9.20. The number of nitrogens with one attached hydrogen (secondary N) is 1.